The first-order valence-corrected chi connectivity index (χ1v) is 3.79. The van der Waals surface area contributed by atoms with E-state index in [-0.39, 0.29) is 24.2 Å². The van der Waals surface area contributed by atoms with Crippen LogP contribution < -0.4 is 0 Å². The summed E-state index contributed by atoms with van der Waals surface area (Å²) < 4.78 is 5.51. The minimum absolute atomic E-state index is 0.168. The van der Waals surface area contributed by atoms with Crippen molar-refractivity contribution in [2.24, 2.45) is 5.92 Å². The highest BCUT2D eigenvalue weighted by Gasteiger charge is 2.35. The summed E-state index contributed by atoms with van der Waals surface area (Å²) >= 11 is 0. The van der Waals surface area contributed by atoms with E-state index in [1.165, 1.54) is 0 Å². The van der Waals surface area contributed by atoms with Gasteiger partial charge in [0, 0.05) is 12.3 Å². The number of rotatable bonds is 0. The lowest BCUT2D eigenvalue weighted by atomic mass is 9.94. The Morgan fingerprint density at radius 1 is 1.50 bits per heavy atom. The molecule has 2 aliphatic heterocycles. The zero-order chi connectivity index (χ0) is 7.14. The fraction of sp³-hybridized carbons (Fsp3) is 0.750. The van der Waals surface area contributed by atoms with Crippen LogP contribution in [0.25, 0.3) is 0 Å². The summed E-state index contributed by atoms with van der Waals surface area (Å²) in [7, 11) is 0. The zero-order valence-corrected chi connectivity index (χ0v) is 6.03. The van der Waals surface area contributed by atoms with Crippen LogP contribution in [-0.4, -0.2) is 23.4 Å². The molecule has 2 heteroatoms. The van der Waals surface area contributed by atoms with Gasteiger partial charge < -0.3 is 9.84 Å². The normalized spacial score (nSPS) is 51.8. The van der Waals surface area contributed by atoms with Crippen molar-refractivity contribution in [3.63, 3.8) is 0 Å². The summed E-state index contributed by atoms with van der Waals surface area (Å²) in [6, 6.07) is 0. The smallest absolute Gasteiger partial charge is 0.0815 e. The van der Waals surface area contributed by atoms with Gasteiger partial charge in [0.2, 0.25) is 0 Å². The van der Waals surface area contributed by atoms with Gasteiger partial charge in [-0.25, -0.2) is 0 Å². The highest BCUT2D eigenvalue weighted by molar-refractivity contribution is 5.09. The van der Waals surface area contributed by atoms with Crippen LogP contribution in [0.1, 0.15) is 13.3 Å². The van der Waals surface area contributed by atoms with E-state index in [1.54, 1.807) is 0 Å². The quantitative estimate of drug-likeness (QED) is 0.502. The standard InChI is InChI=1S/C8H12O2/c1-5-7(9)4-6-2-3-8(5)10-6/h2-3,5-9H,4H2,1H3. The third-order valence-corrected chi connectivity index (χ3v) is 2.45. The predicted octanol–water partition coefficient (Wildman–Crippen LogP) is 0.711. The summed E-state index contributed by atoms with van der Waals surface area (Å²) in [5.74, 6) is 0.273. The van der Waals surface area contributed by atoms with Crippen LogP contribution in [0.15, 0.2) is 12.2 Å². The molecule has 0 aromatic carbocycles. The van der Waals surface area contributed by atoms with Crippen LogP contribution in [-0.2, 0) is 4.74 Å². The van der Waals surface area contributed by atoms with Crippen LogP contribution in [0, 0.1) is 5.92 Å². The molecular weight excluding hydrogens is 128 g/mol. The summed E-state index contributed by atoms with van der Waals surface area (Å²) in [5.41, 5.74) is 0. The Labute approximate surface area is 60.5 Å². The molecule has 0 aromatic heterocycles. The average Bonchev–Trinajstić information content (AvgIpc) is 2.29. The van der Waals surface area contributed by atoms with E-state index in [0.717, 1.165) is 6.42 Å². The molecule has 2 nitrogen and oxygen atoms in total. The van der Waals surface area contributed by atoms with E-state index in [0.29, 0.717) is 0 Å². The molecule has 4 atom stereocenters. The largest absolute Gasteiger partial charge is 0.393 e. The molecule has 1 fully saturated rings. The molecule has 0 spiro atoms. The molecule has 56 valence electrons. The maximum Gasteiger partial charge on any atom is 0.0815 e. The van der Waals surface area contributed by atoms with Gasteiger partial charge in [0.15, 0.2) is 0 Å². The van der Waals surface area contributed by atoms with E-state index in [1.807, 2.05) is 6.92 Å². The molecule has 4 unspecified atom stereocenters. The Kier molecular flexibility index (Phi) is 1.32. The molecule has 10 heavy (non-hydrogen) atoms. The molecule has 2 bridgehead atoms. The number of hydrogen-bond donors (Lipinski definition) is 1. The maximum absolute atomic E-state index is 9.44. The topological polar surface area (TPSA) is 29.5 Å². The first-order chi connectivity index (χ1) is 4.77. The Morgan fingerprint density at radius 2 is 2.30 bits per heavy atom. The van der Waals surface area contributed by atoms with Gasteiger partial charge >= 0.3 is 0 Å². The van der Waals surface area contributed by atoms with Crippen molar-refractivity contribution in [3.05, 3.63) is 12.2 Å². The highest BCUT2D eigenvalue weighted by Crippen LogP contribution is 2.31. The lowest BCUT2D eigenvalue weighted by Crippen LogP contribution is -2.37. The summed E-state index contributed by atoms with van der Waals surface area (Å²) in [5, 5.41) is 9.44. The van der Waals surface area contributed by atoms with Gasteiger partial charge in [-0.2, -0.15) is 0 Å². The van der Waals surface area contributed by atoms with Crippen molar-refractivity contribution in [1.29, 1.82) is 0 Å². The highest BCUT2D eigenvalue weighted by atomic mass is 16.5. The van der Waals surface area contributed by atoms with E-state index in [2.05, 4.69) is 12.2 Å². The number of aliphatic hydroxyl groups is 1. The van der Waals surface area contributed by atoms with Crippen molar-refractivity contribution in [3.8, 4) is 0 Å². The fourth-order valence-corrected chi connectivity index (χ4v) is 1.63. The molecule has 0 radical (unpaired) electrons. The van der Waals surface area contributed by atoms with Crippen molar-refractivity contribution < 1.29 is 9.84 Å². The van der Waals surface area contributed by atoms with Crippen LogP contribution >= 0.6 is 0 Å². The third-order valence-electron chi connectivity index (χ3n) is 2.45. The van der Waals surface area contributed by atoms with Gasteiger partial charge in [-0.15, -0.1) is 0 Å². The van der Waals surface area contributed by atoms with Crippen molar-refractivity contribution in [1.82, 2.24) is 0 Å². The van der Waals surface area contributed by atoms with E-state index >= 15 is 0 Å². The SMILES string of the molecule is CC1C(O)CC2C=CC1O2. The van der Waals surface area contributed by atoms with Crippen molar-refractivity contribution in [2.45, 2.75) is 31.7 Å². The second-order valence-corrected chi connectivity index (χ2v) is 3.19. The molecular formula is C8H12O2. The maximum atomic E-state index is 9.44. The minimum Gasteiger partial charge on any atom is -0.393 e. The van der Waals surface area contributed by atoms with Crippen LogP contribution in [0.3, 0.4) is 0 Å². The van der Waals surface area contributed by atoms with Gasteiger partial charge in [0.1, 0.15) is 0 Å². The fourth-order valence-electron chi connectivity index (χ4n) is 1.63. The van der Waals surface area contributed by atoms with E-state index < -0.39 is 0 Å². The molecule has 0 amide bonds. The van der Waals surface area contributed by atoms with Crippen LogP contribution in [0.5, 0.6) is 0 Å². The van der Waals surface area contributed by atoms with Gasteiger partial charge in [-0.05, 0) is 0 Å². The van der Waals surface area contributed by atoms with Crippen molar-refractivity contribution >= 4 is 0 Å². The van der Waals surface area contributed by atoms with Crippen LogP contribution in [0.2, 0.25) is 0 Å². The molecule has 0 saturated carbocycles. The van der Waals surface area contributed by atoms with Gasteiger partial charge in [0.05, 0.1) is 18.3 Å². The Balaban J connectivity index is 2.16. The van der Waals surface area contributed by atoms with Crippen molar-refractivity contribution in [2.75, 3.05) is 0 Å². The minimum atomic E-state index is -0.168. The Morgan fingerprint density at radius 3 is 3.10 bits per heavy atom. The van der Waals surface area contributed by atoms with E-state index in [4.69, 9.17) is 4.74 Å². The molecule has 0 aromatic rings. The monoisotopic (exact) mass is 140 g/mol. The molecule has 2 rings (SSSR count). The first-order valence-electron chi connectivity index (χ1n) is 3.79. The summed E-state index contributed by atoms with van der Waals surface area (Å²) in [6.45, 7) is 2.03. The lowest BCUT2D eigenvalue weighted by Gasteiger charge is -2.31. The second-order valence-electron chi connectivity index (χ2n) is 3.19. The van der Waals surface area contributed by atoms with Gasteiger partial charge in [0.25, 0.3) is 0 Å². The molecule has 1 N–H and O–H groups in total. The number of ether oxygens (including phenoxy) is 1. The third kappa shape index (κ3) is 0.796. The molecule has 0 aliphatic carbocycles. The number of fused-ring (bicyclic) bond motifs is 2. The zero-order valence-electron chi connectivity index (χ0n) is 6.03. The average molecular weight is 140 g/mol. The molecule has 1 saturated heterocycles. The Bertz CT molecular complexity index is 165. The van der Waals surface area contributed by atoms with Crippen LogP contribution in [0.4, 0.5) is 0 Å². The van der Waals surface area contributed by atoms with Gasteiger partial charge in [-0.3, -0.25) is 0 Å². The second kappa shape index (κ2) is 2.07. The lowest BCUT2D eigenvalue weighted by molar-refractivity contribution is -0.0798. The number of aliphatic hydroxyl groups excluding tert-OH is 1. The summed E-state index contributed by atoms with van der Waals surface area (Å²) in [6.07, 6.45) is 5.08. The molecule has 2 aliphatic rings. The predicted molar refractivity (Wildman–Crippen MR) is 37.6 cm³/mol. The first kappa shape index (κ1) is 6.38. The summed E-state index contributed by atoms with van der Waals surface area (Å²) in [4.78, 5) is 0. The molecule has 2 heterocycles. The number of hydrogen-bond acceptors (Lipinski definition) is 2. The Hall–Kier alpha value is -0.340. The van der Waals surface area contributed by atoms with Gasteiger partial charge in [-0.1, -0.05) is 19.1 Å². The van der Waals surface area contributed by atoms with E-state index in [9.17, 15) is 5.11 Å².